The van der Waals surface area contributed by atoms with Crippen molar-refractivity contribution in [3.63, 3.8) is 0 Å². The van der Waals surface area contributed by atoms with Gasteiger partial charge in [-0.2, -0.15) is 0 Å². The van der Waals surface area contributed by atoms with Gasteiger partial charge >= 0.3 is 0 Å². The fourth-order valence-electron chi connectivity index (χ4n) is 4.03. The van der Waals surface area contributed by atoms with Crippen molar-refractivity contribution in [3.05, 3.63) is 92.0 Å². The lowest BCUT2D eigenvalue weighted by molar-refractivity contribution is -0.148. The standard InChI is InChI=1S/C25H24ClF2N3O4/c1-25(2,34)24(33)30-9-8-19-15(11-30)4-3-5-16(19)12-31-14-29-22(21(26)23(31)32)35-13-17-6-7-18(27)10-20(17)28/h3-7,10,14,34H,8-9,11-13H2,1-2H3. The van der Waals surface area contributed by atoms with Gasteiger partial charge in [0.15, 0.2) is 5.02 Å². The second-order valence-corrected chi connectivity index (χ2v) is 9.29. The van der Waals surface area contributed by atoms with E-state index in [1.54, 1.807) is 4.90 Å². The third-order valence-electron chi connectivity index (χ3n) is 5.84. The number of aliphatic hydroxyl groups is 1. The molecule has 0 atom stereocenters. The van der Waals surface area contributed by atoms with E-state index >= 15 is 0 Å². The zero-order valence-corrected chi connectivity index (χ0v) is 20.0. The van der Waals surface area contributed by atoms with Gasteiger partial charge in [-0.05, 0) is 49.1 Å². The molecule has 1 aromatic heterocycles. The number of carbonyl (C=O) groups is 1. The smallest absolute Gasteiger partial charge is 0.276 e. The average Bonchev–Trinajstić information content (AvgIpc) is 2.81. The quantitative estimate of drug-likeness (QED) is 0.557. The van der Waals surface area contributed by atoms with Gasteiger partial charge in [0.25, 0.3) is 11.5 Å². The molecule has 2 aromatic carbocycles. The molecule has 0 saturated heterocycles. The fourth-order valence-corrected chi connectivity index (χ4v) is 4.24. The zero-order chi connectivity index (χ0) is 25.3. The topological polar surface area (TPSA) is 84.7 Å². The van der Waals surface area contributed by atoms with Crippen LogP contribution >= 0.6 is 11.6 Å². The summed E-state index contributed by atoms with van der Waals surface area (Å²) in [6.07, 6.45) is 1.88. The number of hydrogen-bond acceptors (Lipinski definition) is 5. The van der Waals surface area contributed by atoms with Crippen LogP contribution in [0.4, 0.5) is 8.78 Å². The van der Waals surface area contributed by atoms with Crippen LogP contribution in [0.3, 0.4) is 0 Å². The first-order valence-electron chi connectivity index (χ1n) is 11.0. The molecule has 184 valence electrons. The molecule has 0 fully saturated rings. The Morgan fingerprint density at radius 3 is 2.71 bits per heavy atom. The van der Waals surface area contributed by atoms with Crippen LogP contribution in [0, 0.1) is 11.6 Å². The Morgan fingerprint density at radius 2 is 2.00 bits per heavy atom. The monoisotopic (exact) mass is 503 g/mol. The first-order valence-corrected chi connectivity index (χ1v) is 11.4. The van der Waals surface area contributed by atoms with Crippen molar-refractivity contribution in [3.8, 4) is 5.88 Å². The van der Waals surface area contributed by atoms with Gasteiger partial charge in [0.05, 0.1) is 6.54 Å². The van der Waals surface area contributed by atoms with Crippen molar-refractivity contribution in [2.75, 3.05) is 6.54 Å². The van der Waals surface area contributed by atoms with Gasteiger partial charge in [-0.1, -0.05) is 29.8 Å². The van der Waals surface area contributed by atoms with E-state index in [2.05, 4.69) is 4.98 Å². The number of hydrogen-bond donors (Lipinski definition) is 1. The molecule has 1 aliphatic rings. The minimum Gasteiger partial charge on any atom is -0.471 e. The molecular weight excluding hydrogens is 480 g/mol. The van der Waals surface area contributed by atoms with Crippen LogP contribution in [0.15, 0.2) is 47.5 Å². The number of nitrogens with zero attached hydrogens (tertiary/aromatic N) is 3. The van der Waals surface area contributed by atoms with E-state index < -0.39 is 22.8 Å². The highest BCUT2D eigenvalue weighted by Crippen LogP contribution is 2.25. The predicted molar refractivity (Wildman–Crippen MR) is 125 cm³/mol. The largest absolute Gasteiger partial charge is 0.471 e. The summed E-state index contributed by atoms with van der Waals surface area (Å²) in [7, 11) is 0. The number of rotatable bonds is 6. The Kier molecular flexibility index (Phi) is 6.91. The first-order chi connectivity index (χ1) is 16.5. The van der Waals surface area contributed by atoms with Crippen LogP contribution in [0.5, 0.6) is 5.88 Å². The molecule has 1 aliphatic heterocycles. The molecule has 0 saturated carbocycles. The van der Waals surface area contributed by atoms with Crippen LogP contribution in [-0.4, -0.2) is 37.6 Å². The summed E-state index contributed by atoms with van der Waals surface area (Å²) >= 11 is 6.19. The lowest BCUT2D eigenvalue weighted by Crippen LogP contribution is -2.47. The second-order valence-electron chi connectivity index (χ2n) is 8.91. The van der Waals surface area contributed by atoms with Crippen LogP contribution in [0.2, 0.25) is 5.02 Å². The van der Waals surface area contributed by atoms with Gasteiger partial charge in [0.1, 0.15) is 30.2 Å². The third kappa shape index (κ3) is 5.36. The summed E-state index contributed by atoms with van der Waals surface area (Å²) in [6.45, 7) is 3.69. The Balaban J connectivity index is 1.51. The molecule has 0 radical (unpaired) electrons. The fraction of sp³-hybridized carbons (Fsp3) is 0.320. The van der Waals surface area contributed by atoms with E-state index in [4.69, 9.17) is 16.3 Å². The molecule has 10 heteroatoms. The zero-order valence-electron chi connectivity index (χ0n) is 19.2. The normalized spacial score (nSPS) is 13.5. The van der Waals surface area contributed by atoms with Crippen molar-refractivity contribution in [2.24, 2.45) is 0 Å². The lowest BCUT2D eigenvalue weighted by atomic mass is 9.93. The lowest BCUT2D eigenvalue weighted by Gasteiger charge is -2.33. The first kappa shape index (κ1) is 24.8. The summed E-state index contributed by atoms with van der Waals surface area (Å²) in [5, 5.41) is 9.80. The molecule has 1 amide bonds. The molecule has 0 unspecified atom stereocenters. The van der Waals surface area contributed by atoms with Crippen molar-refractivity contribution >= 4 is 17.5 Å². The molecule has 1 N–H and O–H groups in total. The van der Waals surface area contributed by atoms with Crippen LogP contribution < -0.4 is 10.3 Å². The SMILES string of the molecule is CC(C)(O)C(=O)N1CCc2c(cccc2Cn2cnc(OCc3ccc(F)cc3F)c(Cl)c2=O)C1. The minimum atomic E-state index is -1.45. The predicted octanol–water partition coefficient (Wildman–Crippen LogP) is 3.46. The number of fused-ring (bicyclic) bond motifs is 1. The maximum Gasteiger partial charge on any atom is 0.276 e. The van der Waals surface area contributed by atoms with Gasteiger partial charge in [-0.15, -0.1) is 0 Å². The molecule has 35 heavy (non-hydrogen) atoms. The molecule has 4 rings (SSSR count). The van der Waals surface area contributed by atoms with Crippen LogP contribution in [0.1, 0.15) is 36.1 Å². The highest BCUT2D eigenvalue weighted by molar-refractivity contribution is 6.31. The molecular formula is C25H24ClF2N3O4. The van der Waals surface area contributed by atoms with Crippen LogP contribution in [-0.2, 0) is 30.9 Å². The van der Waals surface area contributed by atoms with E-state index in [-0.39, 0.29) is 35.5 Å². The van der Waals surface area contributed by atoms with Gasteiger partial charge in [0, 0.05) is 24.7 Å². The van der Waals surface area contributed by atoms with Crippen molar-refractivity contribution in [1.29, 1.82) is 0 Å². The van der Waals surface area contributed by atoms with Crippen LogP contribution in [0.25, 0.3) is 0 Å². The number of carbonyl (C=O) groups excluding carboxylic acids is 1. The molecule has 0 spiro atoms. The highest BCUT2D eigenvalue weighted by atomic mass is 35.5. The molecule has 0 bridgehead atoms. The summed E-state index contributed by atoms with van der Waals surface area (Å²) in [5.74, 6) is -1.96. The highest BCUT2D eigenvalue weighted by Gasteiger charge is 2.32. The molecule has 0 aliphatic carbocycles. The summed E-state index contributed by atoms with van der Waals surface area (Å²) in [6, 6.07) is 8.76. The van der Waals surface area contributed by atoms with Gasteiger partial charge in [-0.3, -0.25) is 14.2 Å². The number of halogens is 3. The van der Waals surface area contributed by atoms with E-state index in [1.807, 2.05) is 18.2 Å². The van der Waals surface area contributed by atoms with E-state index in [1.165, 1.54) is 30.8 Å². The second kappa shape index (κ2) is 9.75. The molecule has 2 heterocycles. The summed E-state index contributed by atoms with van der Waals surface area (Å²) in [4.78, 5) is 31.0. The van der Waals surface area contributed by atoms with Crippen molar-refractivity contribution in [2.45, 2.75) is 45.6 Å². The third-order valence-corrected chi connectivity index (χ3v) is 6.17. The van der Waals surface area contributed by atoms with Gasteiger partial charge < -0.3 is 14.7 Å². The minimum absolute atomic E-state index is 0.0986. The number of ether oxygens (including phenoxy) is 1. The van der Waals surface area contributed by atoms with Gasteiger partial charge in [0.2, 0.25) is 5.88 Å². The molecule has 3 aromatic rings. The maximum absolute atomic E-state index is 13.8. The van der Waals surface area contributed by atoms with Crippen molar-refractivity contribution in [1.82, 2.24) is 14.5 Å². The van der Waals surface area contributed by atoms with Gasteiger partial charge in [-0.25, -0.2) is 13.8 Å². The van der Waals surface area contributed by atoms with E-state index in [9.17, 15) is 23.5 Å². The molecule has 7 nitrogen and oxygen atoms in total. The number of amides is 1. The Hall–Kier alpha value is -3.30. The Labute approximate surface area is 205 Å². The Morgan fingerprint density at radius 1 is 1.23 bits per heavy atom. The number of benzene rings is 2. The van der Waals surface area contributed by atoms with E-state index in [0.29, 0.717) is 19.5 Å². The summed E-state index contributed by atoms with van der Waals surface area (Å²) < 4.78 is 33.7. The summed E-state index contributed by atoms with van der Waals surface area (Å²) in [5.41, 5.74) is 0.990. The maximum atomic E-state index is 13.8. The Bertz CT molecular complexity index is 1340. The van der Waals surface area contributed by atoms with Crippen molar-refractivity contribution < 1.29 is 23.4 Å². The average molecular weight is 504 g/mol. The number of aromatic nitrogens is 2. The van der Waals surface area contributed by atoms with E-state index in [0.717, 1.165) is 28.8 Å².